The number of hydrogen-bond donors (Lipinski definition) is 0. The Balaban J connectivity index is 1.35. The van der Waals surface area contributed by atoms with Crippen molar-refractivity contribution >= 4 is 5.78 Å². The van der Waals surface area contributed by atoms with Crippen LogP contribution in [0.4, 0.5) is 0 Å². The summed E-state index contributed by atoms with van der Waals surface area (Å²) in [7, 11) is 0. The molecule has 2 nitrogen and oxygen atoms in total. The molecule has 0 saturated heterocycles. The molecule has 0 amide bonds. The van der Waals surface area contributed by atoms with Crippen molar-refractivity contribution in [3.05, 3.63) is 41.5 Å². The van der Waals surface area contributed by atoms with Gasteiger partial charge in [-0.25, -0.2) is 0 Å². The normalized spacial score (nSPS) is 23.2. The molecule has 0 N–H and O–H groups in total. The Labute approximate surface area is 203 Å². The highest BCUT2D eigenvalue weighted by molar-refractivity contribution is 5.95. The standard InChI is InChI=1S/C31H48O2/c1-3-5-7-8-9-10-25-11-17-29(18-12-25)31(32)24-26-13-15-27(16-14-26)28-19-21-30(22-20-28)33-23-6-4-2/h17,19-22,25-27H,3-16,18,23-24H2,1-2H3. The molecule has 1 aromatic rings. The SMILES string of the molecule is CCCCCCCC1CC=C(C(=O)CC2CCC(c3ccc(OCCCC)cc3)CC2)CC1. The van der Waals surface area contributed by atoms with Crippen molar-refractivity contribution < 1.29 is 9.53 Å². The average molecular weight is 453 g/mol. The molecule has 1 unspecified atom stereocenters. The molecule has 2 aliphatic carbocycles. The van der Waals surface area contributed by atoms with Crippen molar-refractivity contribution in [2.75, 3.05) is 6.61 Å². The smallest absolute Gasteiger partial charge is 0.158 e. The molecule has 184 valence electrons. The summed E-state index contributed by atoms with van der Waals surface area (Å²) in [6.45, 7) is 5.28. The third kappa shape index (κ3) is 8.95. The van der Waals surface area contributed by atoms with Crippen LogP contribution in [0, 0.1) is 11.8 Å². The van der Waals surface area contributed by atoms with Crippen molar-refractivity contribution in [3.63, 3.8) is 0 Å². The van der Waals surface area contributed by atoms with Crippen molar-refractivity contribution in [3.8, 4) is 5.75 Å². The molecule has 1 saturated carbocycles. The minimum atomic E-state index is 0.452. The van der Waals surface area contributed by atoms with Crippen molar-refractivity contribution in [1.29, 1.82) is 0 Å². The fourth-order valence-electron chi connectivity index (χ4n) is 5.70. The van der Waals surface area contributed by atoms with Gasteiger partial charge in [-0.1, -0.05) is 77.0 Å². The summed E-state index contributed by atoms with van der Waals surface area (Å²) in [4.78, 5) is 12.9. The Kier molecular flexibility index (Phi) is 11.6. The highest BCUT2D eigenvalue weighted by atomic mass is 16.5. The lowest BCUT2D eigenvalue weighted by Gasteiger charge is -2.29. The van der Waals surface area contributed by atoms with Gasteiger partial charge < -0.3 is 4.74 Å². The maximum atomic E-state index is 12.9. The summed E-state index contributed by atoms with van der Waals surface area (Å²) in [6.07, 6.45) is 21.8. The molecule has 3 rings (SSSR count). The summed E-state index contributed by atoms with van der Waals surface area (Å²) in [5, 5.41) is 0. The third-order valence-corrected chi connectivity index (χ3v) is 8.03. The monoisotopic (exact) mass is 452 g/mol. The zero-order valence-corrected chi connectivity index (χ0v) is 21.5. The van der Waals surface area contributed by atoms with Crippen LogP contribution >= 0.6 is 0 Å². The molecule has 1 aromatic carbocycles. The first kappa shape index (κ1) is 26.0. The largest absolute Gasteiger partial charge is 0.494 e. The molecule has 0 heterocycles. The number of rotatable bonds is 14. The van der Waals surface area contributed by atoms with Gasteiger partial charge in [-0.15, -0.1) is 0 Å². The number of unbranched alkanes of at least 4 members (excludes halogenated alkanes) is 5. The lowest BCUT2D eigenvalue weighted by atomic mass is 9.76. The number of Topliss-reactive ketones (excluding diaryl/α,β-unsaturated/α-hetero) is 1. The third-order valence-electron chi connectivity index (χ3n) is 8.03. The van der Waals surface area contributed by atoms with E-state index in [0.29, 0.717) is 17.6 Å². The Morgan fingerprint density at radius 3 is 2.24 bits per heavy atom. The summed E-state index contributed by atoms with van der Waals surface area (Å²) in [5.74, 6) is 3.50. The lowest BCUT2D eigenvalue weighted by Crippen LogP contribution is -2.19. The van der Waals surface area contributed by atoms with Crippen LogP contribution in [0.2, 0.25) is 0 Å². The minimum absolute atomic E-state index is 0.452. The van der Waals surface area contributed by atoms with E-state index in [-0.39, 0.29) is 0 Å². The highest BCUT2D eigenvalue weighted by Crippen LogP contribution is 2.38. The lowest BCUT2D eigenvalue weighted by molar-refractivity contribution is -0.117. The summed E-state index contributed by atoms with van der Waals surface area (Å²) in [6, 6.07) is 8.78. The van der Waals surface area contributed by atoms with Gasteiger partial charge in [0, 0.05) is 6.42 Å². The zero-order valence-electron chi connectivity index (χ0n) is 21.5. The van der Waals surface area contributed by atoms with E-state index in [1.165, 1.54) is 82.6 Å². The van der Waals surface area contributed by atoms with Crippen LogP contribution in [-0.2, 0) is 4.79 Å². The Morgan fingerprint density at radius 1 is 0.848 bits per heavy atom. The van der Waals surface area contributed by atoms with E-state index < -0.39 is 0 Å². The van der Waals surface area contributed by atoms with Crippen LogP contribution in [-0.4, -0.2) is 12.4 Å². The number of carbonyl (C=O) groups is 1. The summed E-state index contributed by atoms with van der Waals surface area (Å²) >= 11 is 0. The Bertz CT molecular complexity index is 709. The van der Waals surface area contributed by atoms with Gasteiger partial charge in [0.25, 0.3) is 0 Å². The number of ketones is 1. The zero-order chi connectivity index (χ0) is 23.3. The van der Waals surface area contributed by atoms with Gasteiger partial charge in [-0.05, 0) is 92.4 Å². The molecule has 2 heteroatoms. The number of hydrogen-bond acceptors (Lipinski definition) is 2. The second-order valence-electron chi connectivity index (χ2n) is 10.7. The second-order valence-corrected chi connectivity index (χ2v) is 10.7. The van der Waals surface area contributed by atoms with Gasteiger partial charge in [0.1, 0.15) is 5.75 Å². The first-order valence-electron chi connectivity index (χ1n) is 14.1. The van der Waals surface area contributed by atoms with Gasteiger partial charge in [0.05, 0.1) is 6.61 Å². The number of carbonyl (C=O) groups excluding carboxylic acids is 1. The molecule has 1 fully saturated rings. The molecule has 33 heavy (non-hydrogen) atoms. The maximum Gasteiger partial charge on any atom is 0.158 e. The Morgan fingerprint density at radius 2 is 1.58 bits per heavy atom. The van der Waals surface area contributed by atoms with Gasteiger partial charge in [0.2, 0.25) is 0 Å². The molecular formula is C31H48O2. The van der Waals surface area contributed by atoms with Crippen molar-refractivity contribution in [2.24, 2.45) is 11.8 Å². The van der Waals surface area contributed by atoms with E-state index in [0.717, 1.165) is 49.5 Å². The molecule has 0 aromatic heterocycles. The quantitative estimate of drug-likeness (QED) is 0.263. The van der Waals surface area contributed by atoms with E-state index >= 15 is 0 Å². The van der Waals surface area contributed by atoms with E-state index in [9.17, 15) is 4.79 Å². The molecule has 0 spiro atoms. The van der Waals surface area contributed by atoms with E-state index in [1.54, 1.807) is 0 Å². The average Bonchev–Trinajstić information content (AvgIpc) is 2.85. The van der Waals surface area contributed by atoms with Crippen LogP contribution in [0.3, 0.4) is 0 Å². The first-order valence-corrected chi connectivity index (χ1v) is 14.1. The van der Waals surface area contributed by atoms with Crippen LogP contribution in [0.25, 0.3) is 0 Å². The van der Waals surface area contributed by atoms with Gasteiger partial charge in [-0.3, -0.25) is 4.79 Å². The fourth-order valence-corrected chi connectivity index (χ4v) is 5.70. The molecule has 1 atom stereocenters. The van der Waals surface area contributed by atoms with Gasteiger partial charge in [-0.2, -0.15) is 0 Å². The highest BCUT2D eigenvalue weighted by Gasteiger charge is 2.26. The molecular weight excluding hydrogens is 404 g/mol. The maximum absolute atomic E-state index is 12.9. The summed E-state index contributed by atoms with van der Waals surface area (Å²) in [5.41, 5.74) is 2.59. The number of allylic oxidation sites excluding steroid dienone is 2. The van der Waals surface area contributed by atoms with Gasteiger partial charge >= 0.3 is 0 Å². The molecule has 0 bridgehead atoms. The van der Waals surface area contributed by atoms with Crippen LogP contribution < -0.4 is 4.74 Å². The van der Waals surface area contributed by atoms with Crippen LogP contribution in [0.5, 0.6) is 5.75 Å². The predicted octanol–water partition coefficient (Wildman–Crippen LogP) is 9.19. The fraction of sp³-hybridized carbons (Fsp3) is 0.710. The molecule has 0 aliphatic heterocycles. The van der Waals surface area contributed by atoms with Gasteiger partial charge in [0.15, 0.2) is 5.78 Å². The van der Waals surface area contributed by atoms with Crippen molar-refractivity contribution in [2.45, 2.75) is 122 Å². The van der Waals surface area contributed by atoms with Crippen LogP contribution in [0.1, 0.15) is 128 Å². The predicted molar refractivity (Wildman–Crippen MR) is 140 cm³/mol. The van der Waals surface area contributed by atoms with E-state index in [4.69, 9.17) is 4.74 Å². The van der Waals surface area contributed by atoms with E-state index in [1.807, 2.05) is 0 Å². The Hall–Kier alpha value is -1.57. The minimum Gasteiger partial charge on any atom is -0.494 e. The molecule has 0 radical (unpaired) electrons. The summed E-state index contributed by atoms with van der Waals surface area (Å²) < 4.78 is 5.80. The van der Waals surface area contributed by atoms with Crippen molar-refractivity contribution in [1.82, 2.24) is 0 Å². The van der Waals surface area contributed by atoms with E-state index in [2.05, 4.69) is 44.2 Å². The first-order chi connectivity index (χ1) is 16.2. The molecule has 2 aliphatic rings. The second kappa shape index (κ2) is 14.6. The van der Waals surface area contributed by atoms with Crippen LogP contribution in [0.15, 0.2) is 35.9 Å². The number of ether oxygens (including phenoxy) is 1. The topological polar surface area (TPSA) is 26.3 Å². The number of benzene rings is 1.